The summed E-state index contributed by atoms with van der Waals surface area (Å²) in [5.74, 6) is -1.79. The number of ether oxygens (including phenoxy) is 1. The minimum Gasteiger partial charge on any atom is -0.460 e. The third kappa shape index (κ3) is 5.07. The zero-order valence-corrected chi connectivity index (χ0v) is 17.5. The molecule has 2 saturated heterocycles. The number of hydrogen-bond acceptors (Lipinski definition) is 5. The fraction of sp³-hybridized carbons (Fsp3) is 0.565. The van der Waals surface area contributed by atoms with E-state index in [1.165, 1.54) is 10.5 Å². The summed E-state index contributed by atoms with van der Waals surface area (Å²) in [6.45, 7) is 2.76. The number of Topliss-reactive ketones (excluding diaryl/α,β-unsaturated/α-hetero) is 1. The van der Waals surface area contributed by atoms with Crippen LogP contribution in [-0.2, 0) is 30.3 Å². The number of rotatable bonds is 8. The Hall–Kier alpha value is -2.70. The van der Waals surface area contributed by atoms with Crippen molar-refractivity contribution in [2.75, 3.05) is 19.7 Å². The van der Waals surface area contributed by atoms with Gasteiger partial charge in [0.2, 0.25) is 11.8 Å². The van der Waals surface area contributed by atoms with Gasteiger partial charge in [0.25, 0.3) is 5.78 Å². The van der Waals surface area contributed by atoms with Crippen LogP contribution in [0.5, 0.6) is 0 Å². The zero-order valence-electron chi connectivity index (χ0n) is 17.5. The first-order valence-corrected chi connectivity index (χ1v) is 10.9. The standard InChI is InChI=1S/C23H30N2O5/c1-2-30-23(29)21(27)18-12-7-16-25(18)22(28)19-13-8-15-24(19)20(26)14-6-11-17-9-4-3-5-10-17/h3-5,9-10,18-19H,2,6-8,11-16H2,1H3/t18?,19-/m0/s1. The van der Waals surface area contributed by atoms with Crippen LogP contribution in [0.3, 0.4) is 0 Å². The number of esters is 1. The number of likely N-dealkylation sites (tertiary alicyclic amines) is 2. The van der Waals surface area contributed by atoms with Gasteiger partial charge in [0.05, 0.1) is 6.61 Å². The van der Waals surface area contributed by atoms with Crippen molar-refractivity contribution < 1.29 is 23.9 Å². The summed E-state index contributed by atoms with van der Waals surface area (Å²) in [5.41, 5.74) is 1.19. The molecule has 2 fully saturated rings. The van der Waals surface area contributed by atoms with Crippen molar-refractivity contribution in [1.82, 2.24) is 9.80 Å². The third-order valence-electron chi connectivity index (χ3n) is 5.87. The van der Waals surface area contributed by atoms with E-state index < -0.39 is 23.8 Å². The molecule has 1 aromatic carbocycles. The number of aryl methyl sites for hydroxylation is 1. The molecule has 1 unspecified atom stereocenters. The van der Waals surface area contributed by atoms with Gasteiger partial charge in [0, 0.05) is 19.5 Å². The molecular formula is C23H30N2O5. The Bertz CT molecular complexity index is 779. The Labute approximate surface area is 177 Å². The number of carbonyl (C=O) groups excluding carboxylic acids is 4. The summed E-state index contributed by atoms with van der Waals surface area (Å²) in [7, 11) is 0. The first-order valence-electron chi connectivity index (χ1n) is 10.9. The second kappa shape index (κ2) is 10.4. The summed E-state index contributed by atoms with van der Waals surface area (Å²) < 4.78 is 4.82. The molecule has 1 aromatic rings. The largest absolute Gasteiger partial charge is 0.460 e. The van der Waals surface area contributed by atoms with Crippen LogP contribution in [0.1, 0.15) is 51.0 Å². The van der Waals surface area contributed by atoms with Crippen LogP contribution in [0.4, 0.5) is 0 Å². The molecule has 162 valence electrons. The molecular weight excluding hydrogens is 384 g/mol. The maximum atomic E-state index is 13.2. The highest BCUT2D eigenvalue weighted by atomic mass is 16.5. The molecule has 2 atom stereocenters. The van der Waals surface area contributed by atoms with Gasteiger partial charge in [0.1, 0.15) is 12.1 Å². The minimum absolute atomic E-state index is 0.0192. The van der Waals surface area contributed by atoms with Crippen molar-refractivity contribution in [3.05, 3.63) is 35.9 Å². The van der Waals surface area contributed by atoms with Crippen molar-refractivity contribution in [1.29, 1.82) is 0 Å². The molecule has 0 radical (unpaired) electrons. The van der Waals surface area contributed by atoms with Crippen molar-refractivity contribution in [2.45, 2.75) is 64.0 Å². The Kier molecular flexibility index (Phi) is 7.60. The highest BCUT2D eigenvalue weighted by Crippen LogP contribution is 2.26. The lowest BCUT2D eigenvalue weighted by atomic mass is 10.1. The summed E-state index contributed by atoms with van der Waals surface area (Å²) in [5, 5.41) is 0. The predicted molar refractivity (Wildman–Crippen MR) is 110 cm³/mol. The molecule has 0 N–H and O–H groups in total. The fourth-order valence-electron chi connectivity index (χ4n) is 4.39. The van der Waals surface area contributed by atoms with E-state index in [1.807, 2.05) is 30.3 Å². The van der Waals surface area contributed by atoms with Gasteiger partial charge in [0.15, 0.2) is 0 Å². The molecule has 0 saturated carbocycles. The lowest BCUT2D eigenvalue weighted by Gasteiger charge is -2.30. The van der Waals surface area contributed by atoms with Crippen LogP contribution in [0, 0.1) is 0 Å². The van der Waals surface area contributed by atoms with Gasteiger partial charge in [-0.25, -0.2) is 4.79 Å². The molecule has 2 aliphatic heterocycles. The Morgan fingerprint density at radius 3 is 2.33 bits per heavy atom. The van der Waals surface area contributed by atoms with Crippen molar-refractivity contribution in [3.8, 4) is 0 Å². The van der Waals surface area contributed by atoms with Gasteiger partial charge < -0.3 is 14.5 Å². The molecule has 3 rings (SSSR count). The SMILES string of the molecule is CCOC(=O)C(=O)C1CCCN1C(=O)[C@@H]1CCCN1C(=O)CCCc1ccccc1. The quantitative estimate of drug-likeness (QED) is 0.481. The Morgan fingerprint density at radius 2 is 1.63 bits per heavy atom. The van der Waals surface area contributed by atoms with Crippen molar-refractivity contribution in [3.63, 3.8) is 0 Å². The summed E-state index contributed by atoms with van der Waals surface area (Å²) in [4.78, 5) is 53.4. The van der Waals surface area contributed by atoms with Crippen LogP contribution < -0.4 is 0 Å². The summed E-state index contributed by atoms with van der Waals surface area (Å²) in [6, 6.07) is 8.71. The second-order valence-corrected chi connectivity index (χ2v) is 7.86. The van der Waals surface area contributed by atoms with Crippen LogP contribution in [0.2, 0.25) is 0 Å². The van der Waals surface area contributed by atoms with E-state index in [0.717, 1.165) is 19.3 Å². The number of carbonyl (C=O) groups is 4. The number of nitrogens with zero attached hydrogens (tertiary/aromatic N) is 2. The maximum absolute atomic E-state index is 13.2. The number of hydrogen-bond donors (Lipinski definition) is 0. The highest BCUT2D eigenvalue weighted by molar-refractivity contribution is 6.36. The molecule has 30 heavy (non-hydrogen) atoms. The van der Waals surface area contributed by atoms with Crippen LogP contribution >= 0.6 is 0 Å². The molecule has 0 aliphatic carbocycles. The van der Waals surface area contributed by atoms with E-state index in [0.29, 0.717) is 38.8 Å². The van der Waals surface area contributed by atoms with Gasteiger partial charge in [-0.3, -0.25) is 14.4 Å². The van der Waals surface area contributed by atoms with Gasteiger partial charge >= 0.3 is 5.97 Å². The molecule has 0 bridgehead atoms. The molecule has 0 aromatic heterocycles. The van der Waals surface area contributed by atoms with E-state index >= 15 is 0 Å². The third-order valence-corrected chi connectivity index (χ3v) is 5.87. The molecule has 2 aliphatic rings. The van der Waals surface area contributed by atoms with Crippen LogP contribution in [-0.4, -0.2) is 65.1 Å². The van der Waals surface area contributed by atoms with Crippen LogP contribution in [0.15, 0.2) is 30.3 Å². The molecule has 0 spiro atoms. The summed E-state index contributed by atoms with van der Waals surface area (Å²) in [6.07, 6.45) is 4.44. The van der Waals surface area contributed by atoms with Gasteiger partial charge in [-0.05, 0) is 51.0 Å². The molecule has 2 heterocycles. The highest BCUT2D eigenvalue weighted by Gasteiger charge is 2.43. The topological polar surface area (TPSA) is 84.0 Å². The Balaban J connectivity index is 1.58. The number of ketones is 1. The zero-order chi connectivity index (χ0) is 21.5. The predicted octanol–water partition coefficient (Wildman–Crippen LogP) is 2.12. The Morgan fingerprint density at radius 1 is 0.967 bits per heavy atom. The normalized spacial score (nSPS) is 21.0. The van der Waals surface area contributed by atoms with E-state index in [1.54, 1.807) is 11.8 Å². The van der Waals surface area contributed by atoms with Gasteiger partial charge in [-0.2, -0.15) is 0 Å². The van der Waals surface area contributed by atoms with Crippen molar-refractivity contribution >= 4 is 23.6 Å². The smallest absolute Gasteiger partial charge is 0.376 e. The maximum Gasteiger partial charge on any atom is 0.376 e. The number of amides is 2. The minimum atomic E-state index is -0.887. The number of benzene rings is 1. The average Bonchev–Trinajstić information content (AvgIpc) is 3.43. The average molecular weight is 415 g/mol. The molecule has 7 heteroatoms. The van der Waals surface area contributed by atoms with Gasteiger partial charge in [-0.1, -0.05) is 30.3 Å². The first kappa shape index (κ1) is 22.0. The van der Waals surface area contributed by atoms with E-state index in [9.17, 15) is 19.2 Å². The first-order chi connectivity index (χ1) is 14.5. The van der Waals surface area contributed by atoms with E-state index in [2.05, 4.69) is 0 Å². The van der Waals surface area contributed by atoms with Gasteiger partial charge in [-0.15, -0.1) is 0 Å². The van der Waals surface area contributed by atoms with Crippen molar-refractivity contribution in [2.24, 2.45) is 0 Å². The second-order valence-electron chi connectivity index (χ2n) is 7.86. The fourth-order valence-corrected chi connectivity index (χ4v) is 4.39. The van der Waals surface area contributed by atoms with E-state index in [4.69, 9.17) is 4.74 Å². The van der Waals surface area contributed by atoms with E-state index in [-0.39, 0.29) is 18.4 Å². The molecule has 7 nitrogen and oxygen atoms in total. The van der Waals surface area contributed by atoms with Crippen LogP contribution in [0.25, 0.3) is 0 Å². The monoisotopic (exact) mass is 414 g/mol. The summed E-state index contributed by atoms with van der Waals surface area (Å²) >= 11 is 0. The lowest BCUT2D eigenvalue weighted by molar-refractivity contribution is -0.157. The molecule has 2 amide bonds. The lowest BCUT2D eigenvalue weighted by Crippen LogP contribution is -2.52.